The largest absolute Gasteiger partial charge is 0.383 e. The number of anilines is 1. The van der Waals surface area contributed by atoms with Crippen LogP contribution >= 0.6 is 24.0 Å². The molecule has 2 heterocycles. The number of nitrogens with one attached hydrogen (secondary N) is 2. The van der Waals surface area contributed by atoms with Crippen molar-refractivity contribution in [3.05, 3.63) is 29.8 Å². The molecule has 0 atom stereocenters. The van der Waals surface area contributed by atoms with Crippen LogP contribution in [0.3, 0.4) is 0 Å². The summed E-state index contributed by atoms with van der Waals surface area (Å²) in [6.45, 7) is 12.5. The molecule has 2 saturated heterocycles. The maximum Gasteiger partial charge on any atom is 0.191 e. The zero-order valence-corrected chi connectivity index (χ0v) is 21.9. The number of likely N-dealkylation sites (tertiary alicyclic amines) is 1. The maximum absolute atomic E-state index is 5.20. The SMILES string of the molecule is CCNC(=NCc1ccc(N2CCC(C)CC2)cc1)NC1CCN(CCOC)CC1.I. The van der Waals surface area contributed by atoms with Crippen LogP contribution in [0.1, 0.15) is 45.1 Å². The van der Waals surface area contributed by atoms with Gasteiger partial charge in [0, 0.05) is 58.1 Å². The van der Waals surface area contributed by atoms with Crippen molar-refractivity contribution in [1.29, 1.82) is 0 Å². The van der Waals surface area contributed by atoms with Crippen molar-refractivity contribution < 1.29 is 4.74 Å². The van der Waals surface area contributed by atoms with Crippen LogP contribution in [0.4, 0.5) is 5.69 Å². The first kappa shape index (κ1) is 26.2. The van der Waals surface area contributed by atoms with Gasteiger partial charge >= 0.3 is 0 Å². The summed E-state index contributed by atoms with van der Waals surface area (Å²) >= 11 is 0. The first-order valence-electron chi connectivity index (χ1n) is 11.8. The van der Waals surface area contributed by atoms with Gasteiger partial charge in [0.15, 0.2) is 5.96 Å². The number of ether oxygens (including phenoxy) is 1. The number of rotatable bonds is 8. The Morgan fingerprint density at radius 3 is 2.35 bits per heavy atom. The number of aliphatic imine (C=N–C) groups is 1. The number of guanidine groups is 1. The number of methoxy groups -OCH3 is 1. The number of hydrogen-bond acceptors (Lipinski definition) is 4. The topological polar surface area (TPSA) is 52.1 Å². The molecule has 0 amide bonds. The van der Waals surface area contributed by atoms with E-state index in [-0.39, 0.29) is 24.0 Å². The molecule has 0 spiro atoms. The lowest BCUT2D eigenvalue weighted by molar-refractivity contribution is 0.128. The quantitative estimate of drug-likeness (QED) is 0.298. The summed E-state index contributed by atoms with van der Waals surface area (Å²) in [5.74, 6) is 1.80. The van der Waals surface area contributed by atoms with E-state index in [0.717, 1.165) is 57.5 Å². The first-order valence-corrected chi connectivity index (χ1v) is 11.8. The number of nitrogens with zero attached hydrogens (tertiary/aromatic N) is 3. The third-order valence-corrected chi connectivity index (χ3v) is 6.39. The number of benzene rings is 1. The van der Waals surface area contributed by atoms with E-state index < -0.39 is 0 Å². The lowest BCUT2D eigenvalue weighted by atomic mass is 9.99. The van der Waals surface area contributed by atoms with Crippen LogP contribution in [0.5, 0.6) is 0 Å². The molecule has 7 heteroatoms. The summed E-state index contributed by atoms with van der Waals surface area (Å²) in [5.41, 5.74) is 2.61. The highest BCUT2D eigenvalue weighted by Gasteiger charge is 2.19. The summed E-state index contributed by atoms with van der Waals surface area (Å²) in [7, 11) is 1.77. The second-order valence-electron chi connectivity index (χ2n) is 8.78. The van der Waals surface area contributed by atoms with Crippen molar-refractivity contribution in [3.8, 4) is 0 Å². The molecule has 0 aliphatic carbocycles. The Kier molecular flexibility index (Phi) is 12.0. The van der Waals surface area contributed by atoms with Crippen molar-refractivity contribution in [2.24, 2.45) is 10.9 Å². The molecule has 0 bridgehead atoms. The third-order valence-electron chi connectivity index (χ3n) is 6.39. The van der Waals surface area contributed by atoms with Gasteiger partial charge in [0.25, 0.3) is 0 Å². The summed E-state index contributed by atoms with van der Waals surface area (Å²) in [5, 5.41) is 7.05. The molecule has 0 radical (unpaired) electrons. The first-order chi connectivity index (χ1) is 14.7. The van der Waals surface area contributed by atoms with Crippen molar-refractivity contribution in [1.82, 2.24) is 15.5 Å². The summed E-state index contributed by atoms with van der Waals surface area (Å²) in [4.78, 5) is 9.84. The Hall–Kier alpha value is -1.06. The maximum atomic E-state index is 5.20. The molecule has 2 aliphatic heterocycles. The monoisotopic (exact) mass is 543 g/mol. The normalized spacial score (nSPS) is 19.2. The minimum Gasteiger partial charge on any atom is -0.383 e. The number of halogens is 1. The van der Waals surface area contributed by atoms with Crippen molar-refractivity contribution >= 4 is 35.6 Å². The summed E-state index contributed by atoms with van der Waals surface area (Å²) in [6, 6.07) is 9.47. The minimum atomic E-state index is 0. The van der Waals surface area contributed by atoms with Crippen molar-refractivity contribution in [2.45, 2.75) is 52.1 Å². The van der Waals surface area contributed by atoms with Crippen LogP contribution in [0, 0.1) is 5.92 Å². The second-order valence-corrected chi connectivity index (χ2v) is 8.78. The minimum absolute atomic E-state index is 0. The molecule has 0 aromatic heterocycles. The van der Waals surface area contributed by atoms with Crippen LogP contribution in [-0.4, -0.2) is 69.9 Å². The number of piperidine rings is 2. The van der Waals surface area contributed by atoms with Gasteiger partial charge in [-0.15, -0.1) is 24.0 Å². The zero-order valence-electron chi connectivity index (χ0n) is 19.6. The Labute approximate surface area is 206 Å². The molecule has 176 valence electrons. The van der Waals surface area contributed by atoms with Gasteiger partial charge in [0.1, 0.15) is 0 Å². The highest BCUT2D eigenvalue weighted by atomic mass is 127. The Bertz CT molecular complexity index is 638. The van der Waals surface area contributed by atoms with E-state index >= 15 is 0 Å². The van der Waals surface area contributed by atoms with Gasteiger partial charge in [-0.1, -0.05) is 19.1 Å². The summed E-state index contributed by atoms with van der Waals surface area (Å²) in [6.07, 6.45) is 4.90. The van der Waals surface area contributed by atoms with Gasteiger partial charge in [0.2, 0.25) is 0 Å². The highest BCUT2D eigenvalue weighted by molar-refractivity contribution is 14.0. The summed E-state index contributed by atoms with van der Waals surface area (Å²) < 4.78 is 5.20. The standard InChI is InChI=1S/C24H41N5O.HI/c1-4-25-24(27-22-11-13-28(14-12-22)17-18-30-3)26-19-21-5-7-23(8-6-21)29-15-9-20(2)10-16-29;/h5-8,20,22H,4,9-19H2,1-3H3,(H2,25,26,27);1H. The molecule has 0 saturated carbocycles. The fraction of sp³-hybridized carbons (Fsp3) is 0.708. The van der Waals surface area contributed by atoms with E-state index in [0.29, 0.717) is 12.6 Å². The molecule has 2 fully saturated rings. The molecule has 2 N–H and O–H groups in total. The molecule has 31 heavy (non-hydrogen) atoms. The molecule has 6 nitrogen and oxygen atoms in total. The van der Waals surface area contributed by atoms with Crippen molar-refractivity contribution in [3.63, 3.8) is 0 Å². The average molecular weight is 544 g/mol. The average Bonchev–Trinajstić information content (AvgIpc) is 2.78. The number of hydrogen-bond donors (Lipinski definition) is 2. The lowest BCUT2D eigenvalue weighted by Crippen LogP contribution is -2.49. The third kappa shape index (κ3) is 8.77. The molecule has 1 aromatic carbocycles. The van der Waals surface area contributed by atoms with Crippen LogP contribution in [0.15, 0.2) is 29.3 Å². The van der Waals surface area contributed by atoms with Gasteiger partial charge < -0.3 is 25.2 Å². The second kappa shape index (κ2) is 14.2. The van der Waals surface area contributed by atoms with Gasteiger partial charge in [-0.2, -0.15) is 0 Å². The fourth-order valence-electron chi connectivity index (χ4n) is 4.28. The zero-order chi connectivity index (χ0) is 21.2. The molecular weight excluding hydrogens is 501 g/mol. The van der Waals surface area contributed by atoms with Gasteiger partial charge in [-0.05, 0) is 56.2 Å². The Balaban J connectivity index is 0.00000341. The van der Waals surface area contributed by atoms with Crippen LogP contribution in [-0.2, 0) is 11.3 Å². The van der Waals surface area contributed by atoms with Gasteiger partial charge in [-0.3, -0.25) is 0 Å². The van der Waals surface area contributed by atoms with Gasteiger partial charge in [-0.25, -0.2) is 4.99 Å². The fourth-order valence-corrected chi connectivity index (χ4v) is 4.28. The molecule has 2 aliphatic rings. The van der Waals surface area contributed by atoms with E-state index in [1.54, 1.807) is 7.11 Å². The molecular formula is C24H42IN5O. The van der Waals surface area contributed by atoms with Crippen LogP contribution < -0.4 is 15.5 Å². The Morgan fingerprint density at radius 1 is 1.06 bits per heavy atom. The van der Waals surface area contributed by atoms with Crippen molar-refractivity contribution in [2.75, 3.05) is 57.9 Å². The van der Waals surface area contributed by atoms with Gasteiger partial charge in [0.05, 0.1) is 13.2 Å². The van der Waals surface area contributed by atoms with E-state index in [2.05, 4.69) is 58.5 Å². The molecule has 0 unspecified atom stereocenters. The predicted molar refractivity (Wildman–Crippen MR) is 142 cm³/mol. The molecule has 3 rings (SSSR count). The van der Waals surface area contributed by atoms with E-state index in [1.165, 1.54) is 37.2 Å². The smallest absolute Gasteiger partial charge is 0.191 e. The molecule has 1 aromatic rings. The van der Waals surface area contributed by atoms with E-state index in [4.69, 9.17) is 9.73 Å². The van der Waals surface area contributed by atoms with E-state index in [9.17, 15) is 0 Å². The van der Waals surface area contributed by atoms with Crippen LogP contribution in [0.2, 0.25) is 0 Å². The Morgan fingerprint density at radius 2 is 1.74 bits per heavy atom. The lowest BCUT2D eigenvalue weighted by Gasteiger charge is -2.33. The highest BCUT2D eigenvalue weighted by Crippen LogP contribution is 2.23. The van der Waals surface area contributed by atoms with E-state index in [1.807, 2.05) is 0 Å². The van der Waals surface area contributed by atoms with Crippen LogP contribution in [0.25, 0.3) is 0 Å². The predicted octanol–water partition coefficient (Wildman–Crippen LogP) is 3.71.